The molecule has 0 radical (unpaired) electrons. The summed E-state index contributed by atoms with van der Waals surface area (Å²) in [5, 5.41) is 0. The van der Waals surface area contributed by atoms with Gasteiger partial charge >= 0.3 is 0 Å². The van der Waals surface area contributed by atoms with Gasteiger partial charge in [-0.05, 0) is 23.5 Å². The summed E-state index contributed by atoms with van der Waals surface area (Å²) in [6.07, 6.45) is 0. The zero-order chi connectivity index (χ0) is 13.5. The lowest BCUT2D eigenvalue weighted by atomic mass is 9.82. The maximum absolute atomic E-state index is 12.2. The summed E-state index contributed by atoms with van der Waals surface area (Å²) in [5.74, 6) is -0.0573. The first kappa shape index (κ1) is 12.8. The van der Waals surface area contributed by atoms with E-state index in [1.165, 1.54) is 4.90 Å². The molecule has 2 amide bonds. The van der Waals surface area contributed by atoms with E-state index in [4.69, 9.17) is 0 Å². The van der Waals surface area contributed by atoms with Crippen LogP contribution in [0.4, 0.5) is 0 Å². The largest absolute Gasteiger partial charge is 0.274 e. The molecular formula is C15H19NO2. The fourth-order valence-corrected chi connectivity index (χ4v) is 1.95. The van der Waals surface area contributed by atoms with Gasteiger partial charge in [-0.3, -0.25) is 14.5 Å². The van der Waals surface area contributed by atoms with Gasteiger partial charge < -0.3 is 0 Å². The van der Waals surface area contributed by atoms with Gasteiger partial charge in [0.25, 0.3) is 11.8 Å². The highest BCUT2D eigenvalue weighted by Crippen LogP contribution is 2.29. The van der Waals surface area contributed by atoms with Crippen molar-refractivity contribution < 1.29 is 9.59 Å². The van der Waals surface area contributed by atoms with Gasteiger partial charge in [0.15, 0.2) is 0 Å². The predicted octanol–water partition coefficient (Wildman–Crippen LogP) is 2.96. The molecule has 0 fully saturated rings. The van der Waals surface area contributed by atoms with Crippen LogP contribution in [0.1, 0.15) is 48.4 Å². The summed E-state index contributed by atoms with van der Waals surface area (Å²) < 4.78 is 0. The summed E-state index contributed by atoms with van der Waals surface area (Å²) in [4.78, 5) is 25.7. The topological polar surface area (TPSA) is 37.4 Å². The minimum Gasteiger partial charge on any atom is -0.274 e. The van der Waals surface area contributed by atoms with E-state index in [9.17, 15) is 9.59 Å². The Bertz CT molecular complexity index is 464. The molecule has 0 bridgehead atoms. The van der Waals surface area contributed by atoms with Crippen LogP contribution in [-0.4, -0.2) is 23.3 Å². The molecule has 0 saturated heterocycles. The molecule has 0 spiro atoms. The Labute approximate surface area is 108 Å². The average molecular weight is 245 g/mol. The molecular weight excluding hydrogens is 226 g/mol. The van der Waals surface area contributed by atoms with E-state index >= 15 is 0 Å². The molecule has 1 aromatic carbocycles. The Morgan fingerprint density at radius 2 is 1.50 bits per heavy atom. The maximum Gasteiger partial charge on any atom is 0.261 e. The van der Waals surface area contributed by atoms with Crippen LogP contribution < -0.4 is 0 Å². The average Bonchev–Trinajstić information content (AvgIpc) is 2.54. The quantitative estimate of drug-likeness (QED) is 0.751. The van der Waals surface area contributed by atoms with Crippen molar-refractivity contribution in [3.05, 3.63) is 35.4 Å². The third-order valence-corrected chi connectivity index (χ3v) is 3.81. The number of carbonyl (C=O) groups excluding carboxylic acids is 2. The number of hydrogen-bond acceptors (Lipinski definition) is 2. The molecule has 3 nitrogen and oxygen atoms in total. The van der Waals surface area contributed by atoms with E-state index in [0.29, 0.717) is 17.7 Å². The number of hydrogen-bond donors (Lipinski definition) is 0. The maximum atomic E-state index is 12.2. The van der Waals surface area contributed by atoms with E-state index in [0.717, 1.165) is 0 Å². The molecule has 0 N–H and O–H groups in total. The van der Waals surface area contributed by atoms with Crippen molar-refractivity contribution >= 4 is 11.8 Å². The van der Waals surface area contributed by atoms with Gasteiger partial charge in [-0.25, -0.2) is 0 Å². The predicted molar refractivity (Wildman–Crippen MR) is 70.4 cm³/mol. The van der Waals surface area contributed by atoms with Crippen LogP contribution in [0.15, 0.2) is 24.3 Å². The van der Waals surface area contributed by atoms with Crippen LogP contribution in [0.2, 0.25) is 0 Å². The lowest BCUT2D eigenvalue weighted by molar-refractivity contribution is 0.0595. The van der Waals surface area contributed by atoms with Gasteiger partial charge in [0, 0.05) is 6.54 Å². The van der Waals surface area contributed by atoms with Crippen molar-refractivity contribution in [2.75, 3.05) is 6.54 Å². The molecule has 96 valence electrons. The Hall–Kier alpha value is -1.64. The van der Waals surface area contributed by atoms with Crippen LogP contribution in [0.3, 0.4) is 0 Å². The van der Waals surface area contributed by atoms with Crippen molar-refractivity contribution in [2.45, 2.75) is 27.7 Å². The minimum absolute atomic E-state index is 0.0787. The number of rotatable bonds is 2. The molecule has 0 aromatic heterocycles. The van der Waals surface area contributed by atoms with Gasteiger partial charge in [-0.1, -0.05) is 39.8 Å². The van der Waals surface area contributed by atoms with Gasteiger partial charge in [0.05, 0.1) is 11.1 Å². The second kappa shape index (κ2) is 4.23. The molecule has 1 aromatic rings. The highest BCUT2D eigenvalue weighted by Gasteiger charge is 2.37. The number of amides is 2. The summed E-state index contributed by atoms with van der Waals surface area (Å²) in [5.41, 5.74) is 1.14. The molecule has 18 heavy (non-hydrogen) atoms. The molecule has 1 aliphatic rings. The monoisotopic (exact) mass is 245 g/mol. The van der Waals surface area contributed by atoms with E-state index in [1.807, 2.05) is 0 Å². The highest BCUT2D eigenvalue weighted by atomic mass is 16.2. The first-order valence-electron chi connectivity index (χ1n) is 6.27. The Morgan fingerprint density at radius 3 is 1.89 bits per heavy atom. The fraction of sp³-hybridized carbons (Fsp3) is 0.467. The normalized spacial score (nSPS) is 17.0. The Kier molecular flexibility index (Phi) is 3.01. The summed E-state index contributed by atoms with van der Waals surface area (Å²) in [7, 11) is 0. The zero-order valence-electron chi connectivity index (χ0n) is 11.4. The van der Waals surface area contributed by atoms with Gasteiger partial charge in [0.1, 0.15) is 0 Å². The molecule has 1 aliphatic heterocycles. The van der Waals surface area contributed by atoms with Crippen molar-refractivity contribution in [2.24, 2.45) is 11.3 Å². The Balaban J connectivity index is 2.24. The lowest BCUT2D eigenvalue weighted by Crippen LogP contribution is -2.37. The standard InChI is InChI=1S/C15H19NO2/c1-10(15(2,3)4)9-16-13(17)11-7-5-6-8-12(11)14(16)18/h5-8,10H,9H2,1-4H3/t10-/m0/s1. The van der Waals surface area contributed by atoms with Crippen LogP contribution in [-0.2, 0) is 0 Å². The molecule has 0 unspecified atom stereocenters. The van der Waals surface area contributed by atoms with Crippen LogP contribution >= 0.6 is 0 Å². The van der Waals surface area contributed by atoms with E-state index in [2.05, 4.69) is 27.7 Å². The second-order valence-corrected chi connectivity index (χ2v) is 6.03. The van der Waals surface area contributed by atoms with Crippen molar-refractivity contribution in [1.29, 1.82) is 0 Å². The SMILES string of the molecule is C[C@@H](CN1C(=O)c2ccccc2C1=O)C(C)(C)C. The van der Waals surface area contributed by atoms with Gasteiger partial charge in [-0.2, -0.15) is 0 Å². The third-order valence-electron chi connectivity index (χ3n) is 3.81. The van der Waals surface area contributed by atoms with Gasteiger partial charge in [-0.15, -0.1) is 0 Å². The van der Waals surface area contributed by atoms with E-state index < -0.39 is 0 Å². The zero-order valence-corrected chi connectivity index (χ0v) is 11.4. The van der Waals surface area contributed by atoms with Gasteiger partial charge in [0.2, 0.25) is 0 Å². The Morgan fingerprint density at radius 1 is 1.06 bits per heavy atom. The lowest BCUT2D eigenvalue weighted by Gasteiger charge is -2.30. The molecule has 0 saturated carbocycles. The first-order valence-corrected chi connectivity index (χ1v) is 6.27. The molecule has 2 rings (SSSR count). The van der Waals surface area contributed by atoms with E-state index in [1.54, 1.807) is 24.3 Å². The van der Waals surface area contributed by atoms with Crippen LogP contribution in [0.5, 0.6) is 0 Å². The van der Waals surface area contributed by atoms with Crippen molar-refractivity contribution in [3.8, 4) is 0 Å². The van der Waals surface area contributed by atoms with Crippen molar-refractivity contribution in [1.82, 2.24) is 4.90 Å². The summed E-state index contributed by atoms with van der Waals surface area (Å²) >= 11 is 0. The number of benzene rings is 1. The summed E-state index contributed by atoms with van der Waals surface area (Å²) in [6.45, 7) is 8.92. The first-order chi connectivity index (χ1) is 8.32. The summed E-state index contributed by atoms with van der Waals surface area (Å²) in [6, 6.07) is 7.02. The molecule has 0 aliphatic carbocycles. The smallest absolute Gasteiger partial charge is 0.261 e. The molecule has 1 atom stereocenters. The number of carbonyl (C=O) groups is 2. The highest BCUT2D eigenvalue weighted by molar-refractivity contribution is 6.21. The molecule has 3 heteroatoms. The number of imide groups is 1. The van der Waals surface area contributed by atoms with Crippen LogP contribution in [0, 0.1) is 11.3 Å². The second-order valence-electron chi connectivity index (χ2n) is 6.03. The number of fused-ring (bicyclic) bond motifs is 1. The fourth-order valence-electron chi connectivity index (χ4n) is 1.95. The van der Waals surface area contributed by atoms with E-state index in [-0.39, 0.29) is 23.1 Å². The van der Waals surface area contributed by atoms with Crippen molar-refractivity contribution in [3.63, 3.8) is 0 Å². The third kappa shape index (κ3) is 2.05. The van der Waals surface area contributed by atoms with Crippen LogP contribution in [0.25, 0.3) is 0 Å². The minimum atomic E-state index is -0.160. The molecule has 1 heterocycles. The number of nitrogens with zero attached hydrogens (tertiary/aromatic N) is 1.